The Morgan fingerprint density at radius 2 is 1.56 bits per heavy atom. The molecule has 0 saturated heterocycles. The number of rotatable bonds is 7. The van der Waals surface area contributed by atoms with Gasteiger partial charge in [-0.15, -0.1) is 0 Å². The van der Waals surface area contributed by atoms with Crippen LogP contribution in [0, 0.1) is 0 Å². The Labute approximate surface area is 189 Å². The number of aromatic nitrogens is 1. The minimum atomic E-state index is -0.409. The van der Waals surface area contributed by atoms with Crippen LogP contribution in [0.25, 0.3) is 11.3 Å². The minimum absolute atomic E-state index is 0.151. The molecule has 4 aromatic rings. The highest BCUT2D eigenvalue weighted by molar-refractivity contribution is 7.18. The van der Waals surface area contributed by atoms with Gasteiger partial charge in [0, 0.05) is 11.1 Å². The first-order valence-electron chi connectivity index (χ1n) is 9.80. The van der Waals surface area contributed by atoms with E-state index in [0.717, 1.165) is 16.9 Å². The standard InChI is InChI=1S/C25H20N2O4S/c1-30-18-13-14-20(31-2)19(15-18)24(29)27-25-26-21(16-9-5-3-6-10-16)23(32-25)22(28)17-11-7-4-8-12-17/h3-15H,1-2H3,(H,26,27,29). The van der Waals surface area contributed by atoms with Crippen molar-refractivity contribution in [2.45, 2.75) is 0 Å². The monoisotopic (exact) mass is 444 g/mol. The van der Waals surface area contributed by atoms with E-state index in [0.29, 0.717) is 38.3 Å². The fourth-order valence-corrected chi connectivity index (χ4v) is 4.14. The van der Waals surface area contributed by atoms with Gasteiger partial charge in [0.2, 0.25) is 5.78 Å². The Balaban J connectivity index is 1.72. The van der Waals surface area contributed by atoms with Gasteiger partial charge in [-0.2, -0.15) is 0 Å². The Kier molecular flexibility index (Phi) is 6.28. The SMILES string of the molecule is COc1ccc(OC)c(C(=O)Nc2nc(-c3ccccc3)c(C(=O)c3ccccc3)s2)c1. The number of hydrogen-bond acceptors (Lipinski definition) is 6. The van der Waals surface area contributed by atoms with E-state index in [1.807, 2.05) is 48.5 Å². The van der Waals surface area contributed by atoms with E-state index in [1.165, 1.54) is 14.2 Å². The summed E-state index contributed by atoms with van der Waals surface area (Å²) in [4.78, 5) is 31.2. The highest BCUT2D eigenvalue weighted by Crippen LogP contribution is 2.34. The summed E-state index contributed by atoms with van der Waals surface area (Å²) in [5.74, 6) is 0.373. The van der Waals surface area contributed by atoms with Gasteiger partial charge in [-0.1, -0.05) is 72.0 Å². The summed E-state index contributed by atoms with van der Waals surface area (Å²) >= 11 is 1.14. The molecule has 7 heteroatoms. The van der Waals surface area contributed by atoms with Crippen LogP contribution in [0.2, 0.25) is 0 Å². The molecule has 160 valence electrons. The topological polar surface area (TPSA) is 77.5 Å². The van der Waals surface area contributed by atoms with E-state index in [4.69, 9.17) is 9.47 Å². The van der Waals surface area contributed by atoms with Crippen molar-refractivity contribution in [1.82, 2.24) is 4.98 Å². The maximum atomic E-state index is 13.2. The molecule has 0 unspecified atom stereocenters. The summed E-state index contributed by atoms with van der Waals surface area (Å²) in [6.45, 7) is 0. The molecule has 4 rings (SSSR count). The average Bonchev–Trinajstić information content (AvgIpc) is 3.27. The Morgan fingerprint density at radius 3 is 2.22 bits per heavy atom. The van der Waals surface area contributed by atoms with E-state index >= 15 is 0 Å². The predicted molar refractivity (Wildman–Crippen MR) is 125 cm³/mol. The summed E-state index contributed by atoms with van der Waals surface area (Å²) in [6, 6.07) is 23.4. The zero-order chi connectivity index (χ0) is 22.5. The lowest BCUT2D eigenvalue weighted by atomic mass is 10.1. The van der Waals surface area contributed by atoms with Gasteiger partial charge in [0.05, 0.1) is 25.5 Å². The van der Waals surface area contributed by atoms with Crippen molar-refractivity contribution in [2.24, 2.45) is 0 Å². The number of nitrogens with one attached hydrogen (secondary N) is 1. The quantitative estimate of drug-likeness (QED) is 0.391. The first-order chi connectivity index (χ1) is 15.6. The van der Waals surface area contributed by atoms with Crippen LogP contribution >= 0.6 is 11.3 Å². The molecular formula is C25H20N2O4S. The van der Waals surface area contributed by atoms with Crippen LogP contribution in [0.1, 0.15) is 25.6 Å². The zero-order valence-corrected chi connectivity index (χ0v) is 18.3. The molecule has 0 atom stereocenters. The number of amides is 1. The summed E-state index contributed by atoms with van der Waals surface area (Å²) in [7, 11) is 3.02. The molecule has 0 radical (unpaired) electrons. The smallest absolute Gasteiger partial charge is 0.261 e. The Morgan fingerprint density at radius 1 is 0.875 bits per heavy atom. The second-order valence-electron chi connectivity index (χ2n) is 6.78. The summed E-state index contributed by atoms with van der Waals surface area (Å²) in [5, 5.41) is 3.12. The van der Waals surface area contributed by atoms with E-state index in [9.17, 15) is 9.59 Å². The van der Waals surface area contributed by atoms with Crippen LogP contribution in [-0.4, -0.2) is 30.9 Å². The van der Waals surface area contributed by atoms with Crippen molar-refractivity contribution in [3.05, 3.63) is 94.9 Å². The van der Waals surface area contributed by atoms with Gasteiger partial charge in [-0.25, -0.2) is 4.98 Å². The first kappa shape index (κ1) is 21.3. The summed E-state index contributed by atoms with van der Waals surface area (Å²) in [6.07, 6.45) is 0. The van der Waals surface area contributed by atoms with Crippen molar-refractivity contribution in [1.29, 1.82) is 0 Å². The van der Waals surface area contributed by atoms with Crippen LogP contribution in [-0.2, 0) is 0 Å². The van der Waals surface area contributed by atoms with E-state index in [-0.39, 0.29) is 5.78 Å². The highest BCUT2D eigenvalue weighted by Gasteiger charge is 2.23. The fourth-order valence-electron chi connectivity index (χ4n) is 3.20. The maximum absolute atomic E-state index is 13.2. The lowest BCUT2D eigenvalue weighted by molar-refractivity contribution is 0.102. The molecule has 3 aromatic carbocycles. The summed E-state index contributed by atoms with van der Waals surface area (Å²) in [5.41, 5.74) is 2.18. The molecule has 32 heavy (non-hydrogen) atoms. The third-order valence-corrected chi connectivity index (χ3v) is 5.76. The van der Waals surface area contributed by atoms with Gasteiger partial charge in [0.1, 0.15) is 16.4 Å². The zero-order valence-electron chi connectivity index (χ0n) is 17.5. The number of benzene rings is 3. The number of methoxy groups -OCH3 is 2. The molecule has 1 aromatic heterocycles. The van der Waals surface area contributed by atoms with Gasteiger partial charge in [0.15, 0.2) is 5.13 Å². The van der Waals surface area contributed by atoms with E-state index in [2.05, 4.69) is 10.3 Å². The van der Waals surface area contributed by atoms with Crippen molar-refractivity contribution < 1.29 is 19.1 Å². The normalized spacial score (nSPS) is 10.4. The van der Waals surface area contributed by atoms with Crippen molar-refractivity contribution in [3.8, 4) is 22.8 Å². The molecule has 0 saturated carbocycles. The van der Waals surface area contributed by atoms with Crippen LogP contribution < -0.4 is 14.8 Å². The molecule has 0 spiro atoms. The molecule has 0 bridgehead atoms. The largest absolute Gasteiger partial charge is 0.497 e. The van der Waals surface area contributed by atoms with Crippen molar-refractivity contribution >= 4 is 28.2 Å². The molecule has 0 fully saturated rings. The van der Waals surface area contributed by atoms with Crippen LogP contribution in [0.15, 0.2) is 78.9 Å². The third kappa shape index (κ3) is 4.38. The van der Waals surface area contributed by atoms with Gasteiger partial charge in [0.25, 0.3) is 5.91 Å². The number of carbonyl (C=O) groups is 2. The molecular weight excluding hydrogens is 424 g/mol. The van der Waals surface area contributed by atoms with Gasteiger partial charge in [-0.05, 0) is 18.2 Å². The number of nitrogens with zero attached hydrogens (tertiary/aromatic N) is 1. The Bertz CT molecular complexity index is 1250. The van der Waals surface area contributed by atoms with Gasteiger partial charge < -0.3 is 9.47 Å². The van der Waals surface area contributed by atoms with Crippen LogP contribution in [0.3, 0.4) is 0 Å². The third-order valence-electron chi connectivity index (χ3n) is 4.79. The van der Waals surface area contributed by atoms with E-state index < -0.39 is 5.91 Å². The lowest BCUT2D eigenvalue weighted by Gasteiger charge is -2.09. The number of ether oxygens (including phenoxy) is 2. The predicted octanol–water partition coefficient (Wildman–Crippen LogP) is 5.31. The Hall–Kier alpha value is -3.97. The average molecular weight is 445 g/mol. The molecule has 0 aliphatic carbocycles. The lowest BCUT2D eigenvalue weighted by Crippen LogP contribution is -2.13. The highest BCUT2D eigenvalue weighted by atomic mass is 32.1. The van der Waals surface area contributed by atoms with Crippen LogP contribution in [0.5, 0.6) is 11.5 Å². The molecule has 0 aliphatic heterocycles. The molecule has 1 N–H and O–H groups in total. The van der Waals surface area contributed by atoms with Crippen LogP contribution in [0.4, 0.5) is 5.13 Å². The van der Waals surface area contributed by atoms with Gasteiger partial charge >= 0.3 is 0 Å². The molecule has 6 nitrogen and oxygen atoms in total. The summed E-state index contributed by atoms with van der Waals surface area (Å²) < 4.78 is 10.5. The second-order valence-corrected chi connectivity index (χ2v) is 7.78. The minimum Gasteiger partial charge on any atom is -0.497 e. The molecule has 1 amide bonds. The van der Waals surface area contributed by atoms with Crippen molar-refractivity contribution in [3.63, 3.8) is 0 Å². The van der Waals surface area contributed by atoms with Gasteiger partial charge in [-0.3, -0.25) is 14.9 Å². The van der Waals surface area contributed by atoms with Crippen molar-refractivity contribution in [2.75, 3.05) is 19.5 Å². The number of carbonyl (C=O) groups excluding carboxylic acids is 2. The number of anilines is 1. The second kappa shape index (κ2) is 9.45. The number of thiazole rings is 1. The molecule has 1 heterocycles. The number of hydrogen-bond donors (Lipinski definition) is 1. The van der Waals surface area contributed by atoms with E-state index in [1.54, 1.807) is 30.3 Å². The molecule has 0 aliphatic rings. The fraction of sp³-hybridized carbons (Fsp3) is 0.0800. The first-order valence-corrected chi connectivity index (χ1v) is 10.6. The maximum Gasteiger partial charge on any atom is 0.261 e. The number of ketones is 1.